The molecule has 0 saturated heterocycles. The van der Waals surface area contributed by atoms with E-state index in [0.29, 0.717) is 11.5 Å². The highest BCUT2D eigenvalue weighted by Crippen LogP contribution is 2.37. The lowest BCUT2D eigenvalue weighted by molar-refractivity contribution is 0.392. The average molecular weight is 209 g/mol. The Bertz CT molecular complexity index is 347. The molecule has 1 aliphatic rings. The van der Waals surface area contributed by atoms with Crippen molar-refractivity contribution in [2.75, 3.05) is 0 Å². The summed E-state index contributed by atoms with van der Waals surface area (Å²) < 4.78 is 13.1. The third-order valence-electron chi connectivity index (χ3n) is 3.28. The van der Waals surface area contributed by atoms with E-state index in [9.17, 15) is 9.50 Å². The molecule has 1 aromatic carbocycles. The van der Waals surface area contributed by atoms with E-state index in [1.165, 1.54) is 18.9 Å². The Morgan fingerprint density at radius 1 is 1.33 bits per heavy atom. The van der Waals surface area contributed by atoms with Gasteiger partial charge in [0.05, 0.1) is 0 Å². The molecule has 15 heavy (non-hydrogen) atoms. The van der Waals surface area contributed by atoms with Gasteiger partial charge in [-0.1, -0.05) is 25.0 Å². The summed E-state index contributed by atoms with van der Waals surface area (Å²) >= 11 is 0. The minimum Gasteiger partial charge on any atom is -0.505 e. The second-order valence-corrected chi connectivity index (χ2v) is 4.25. The van der Waals surface area contributed by atoms with E-state index >= 15 is 0 Å². The lowest BCUT2D eigenvalue weighted by atomic mass is 9.92. The number of aromatic hydroxyl groups is 1. The molecule has 0 heterocycles. The summed E-state index contributed by atoms with van der Waals surface area (Å²) in [6, 6.07) is 4.32. The molecule has 0 radical (unpaired) electrons. The first-order chi connectivity index (χ1) is 7.20. The van der Waals surface area contributed by atoms with Gasteiger partial charge in [0.25, 0.3) is 0 Å². The highest BCUT2D eigenvalue weighted by atomic mass is 19.1. The largest absolute Gasteiger partial charge is 0.505 e. The molecule has 0 spiro atoms. The van der Waals surface area contributed by atoms with Crippen LogP contribution in [0.3, 0.4) is 0 Å². The van der Waals surface area contributed by atoms with E-state index in [1.807, 2.05) is 0 Å². The van der Waals surface area contributed by atoms with Crippen molar-refractivity contribution in [1.82, 2.24) is 0 Å². The van der Waals surface area contributed by atoms with Crippen LogP contribution in [0.5, 0.6) is 5.75 Å². The number of phenols is 1. The molecule has 0 unspecified atom stereocenters. The zero-order valence-electron chi connectivity index (χ0n) is 8.62. The predicted molar refractivity (Wildman–Crippen MR) is 57.0 cm³/mol. The third kappa shape index (κ3) is 1.97. The molecule has 82 valence electrons. The Morgan fingerprint density at radius 2 is 2.00 bits per heavy atom. The maximum atomic E-state index is 13.1. The fourth-order valence-electron chi connectivity index (χ4n) is 2.37. The zero-order chi connectivity index (χ0) is 10.8. The van der Waals surface area contributed by atoms with Gasteiger partial charge in [0.15, 0.2) is 11.6 Å². The second-order valence-electron chi connectivity index (χ2n) is 4.25. The number of hydrogen-bond acceptors (Lipinski definition) is 2. The zero-order valence-corrected chi connectivity index (χ0v) is 8.62. The van der Waals surface area contributed by atoms with Crippen molar-refractivity contribution in [2.24, 2.45) is 11.7 Å². The van der Waals surface area contributed by atoms with Gasteiger partial charge >= 0.3 is 0 Å². The molecular formula is C12H16FNO. The van der Waals surface area contributed by atoms with Crippen LogP contribution in [0.25, 0.3) is 0 Å². The first-order valence-electron chi connectivity index (χ1n) is 5.43. The molecule has 2 nitrogen and oxygen atoms in total. The molecule has 0 amide bonds. The molecule has 1 aliphatic carbocycles. The summed E-state index contributed by atoms with van der Waals surface area (Å²) in [5.41, 5.74) is 6.59. The second kappa shape index (κ2) is 4.19. The van der Waals surface area contributed by atoms with E-state index in [-0.39, 0.29) is 11.8 Å². The molecule has 0 bridgehead atoms. The molecule has 0 aromatic heterocycles. The SMILES string of the molecule is N[C@H](c1cccc(F)c1O)C1CCCC1. The van der Waals surface area contributed by atoms with Crippen molar-refractivity contribution in [3.05, 3.63) is 29.6 Å². The van der Waals surface area contributed by atoms with Gasteiger partial charge in [-0.15, -0.1) is 0 Å². The van der Waals surface area contributed by atoms with Gasteiger partial charge in [0.2, 0.25) is 0 Å². The van der Waals surface area contributed by atoms with E-state index in [4.69, 9.17) is 5.73 Å². The van der Waals surface area contributed by atoms with Crippen LogP contribution in [0, 0.1) is 11.7 Å². The van der Waals surface area contributed by atoms with Gasteiger partial charge < -0.3 is 10.8 Å². The number of halogens is 1. The minimum absolute atomic E-state index is 0.233. The highest BCUT2D eigenvalue weighted by Gasteiger charge is 2.25. The van der Waals surface area contributed by atoms with Crippen molar-refractivity contribution >= 4 is 0 Å². The normalized spacial score (nSPS) is 19.3. The molecule has 0 aliphatic heterocycles. The number of phenolic OH excluding ortho intramolecular Hbond substituents is 1. The average Bonchev–Trinajstić information content (AvgIpc) is 2.74. The number of hydrogen-bond donors (Lipinski definition) is 2. The Hall–Kier alpha value is -1.09. The van der Waals surface area contributed by atoms with Crippen molar-refractivity contribution in [1.29, 1.82) is 0 Å². The van der Waals surface area contributed by atoms with Gasteiger partial charge in [0.1, 0.15) is 0 Å². The fraction of sp³-hybridized carbons (Fsp3) is 0.500. The van der Waals surface area contributed by atoms with Gasteiger partial charge in [0, 0.05) is 11.6 Å². The van der Waals surface area contributed by atoms with Crippen LogP contribution in [-0.2, 0) is 0 Å². The highest BCUT2D eigenvalue weighted by molar-refractivity contribution is 5.36. The van der Waals surface area contributed by atoms with Crippen molar-refractivity contribution in [2.45, 2.75) is 31.7 Å². The molecular weight excluding hydrogens is 193 g/mol. The lowest BCUT2D eigenvalue weighted by Crippen LogP contribution is -2.19. The molecule has 3 N–H and O–H groups in total. The molecule has 1 aromatic rings. The number of para-hydroxylation sites is 1. The van der Waals surface area contributed by atoms with E-state index in [2.05, 4.69) is 0 Å². The molecule has 1 fully saturated rings. The van der Waals surface area contributed by atoms with E-state index in [1.54, 1.807) is 12.1 Å². The summed E-state index contributed by atoms with van der Waals surface area (Å²) in [7, 11) is 0. The maximum absolute atomic E-state index is 13.1. The first-order valence-corrected chi connectivity index (χ1v) is 5.43. The number of benzene rings is 1. The monoisotopic (exact) mass is 209 g/mol. The molecule has 1 atom stereocenters. The summed E-state index contributed by atoms with van der Waals surface area (Å²) in [6.45, 7) is 0. The lowest BCUT2D eigenvalue weighted by Gasteiger charge is -2.20. The Balaban J connectivity index is 2.24. The van der Waals surface area contributed by atoms with Crippen LogP contribution in [-0.4, -0.2) is 5.11 Å². The van der Waals surface area contributed by atoms with Crippen LogP contribution in [0.15, 0.2) is 18.2 Å². The van der Waals surface area contributed by atoms with Gasteiger partial charge in [-0.05, 0) is 24.8 Å². The van der Waals surface area contributed by atoms with Gasteiger partial charge in [-0.25, -0.2) is 4.39 Å². The predicted octanol–water partition coefficient (Wildman–Crippen LogP) is 2.72. The van der Waals surface area contributed by atoms with Crippen molar-refractivity contribution in [3.8, 4) is 5.75 Å². The Morgan fingerprint density at radius 3 is 2.67 bits per heavy atom. The van der Waals surface area contributed by atoms with Crippen LogP contribution in [0.4, 0.5) is 4.39 Å². The topological polar surface area (TPSA) is 46.2 Å². The van der Waals surface area contributed by atoms with Gasteiger partial charge in [-0.3, -0.25) is 0 Å². The van der Waals surface area contributed by atoms with Crippen molar-refractivity contribution in [3.63, 3.8) is 0 Å². The van der Waals surface area contributed by atoms with Crippen LogP contribution >= 0.6 is 0 Å². The standard InChI is InChI=1S/C12H16FNO/c13-10-7-3-6-9(12(10)15)11(14)8-4-1-2-5-8/h3,6-8,11,15H,1-2,4-5,14H2/t11-/m0/s1. The van der Waals surface area contributed by atoms with Crippen LogP contribution in [0.1, 0.15) is 37.3 Å². The molecule has 2 rings (SSSR count). The number of rotatable bonds is 2. The fourth-order valence-corrected chi connectivity index (χ4v) is 2.37. The summed E-state index contributed by atoms with van der Waals surface area (Å²) in [5.74, 6) is -0.476. The molecule has 1 saturated carbocycles. The molecule has 3 heteroatoms. The van der Waals surface area contributed by atoms with Crippen LogP contribution in [0.2, 0.25) is 0 Å². The van der Waals surface area contributed by atoms with E-state index < -0.39 is 5.82 Å². The Labute approximate surface area is 88.9 Å². The minimum atomic E-state index is -0.582. The first kappa shape index (κ1) is 10.4. The van der Waals surface area contributed by atoms with Crippen molar-refractivity contribution < 1.29 is 9.50 Å². The summed E-state index contributed by atoms with van der Waals surface area (Å²) in [6.07, 6.45) is 4.54. The third-order valence-corrected chi connectivity index (χ3v) is 3.28. The smallest absolute Gasteiger partial charge is 0.165 e. The Kier molecular flexibility index (Phi) is 2.91. The number of nitrogens with two attached hydrogens (primary N) is 1. The maximum Gasteiger partial charge on any atom is 0.165 e. The summed E-state index contributed by atoms with van der Waals surface area (Å²) in [5, 5.41) is 9.57. The van der Waals surface area contributed by atoms with E-state index in [0.717, 1.165) is 12.8 Å². The summed E-state index contributed by atoms with van der Waals surface area (Å²) in [4.78, 5) is 0. The van der Waals surface area contributed by atoms with Gasteiger partial charge in [-0.2, -0.15) is 0 Å². The van der Waals surface area contributed by atoms with Crippen LogP contribution < -0.4 is 5.73 Å². The quantitative estimate of drug-likeness (QED) is 0.786.